The number of anilines is 2. The van der Waals surface area contributed by atoms with Gasteiger partial charge in [-0.15, -0.1) is 0 Å². The van der Waals surface area contributed by atoms with Crippen LogP contribution in [-0.2, 0) is 9.63 Å². The number of benzene rings is 1. The minimum Gasteiger partial charge on any atom is -0.358 e. The average molecular weight is 275 g/mol. The predicted octanol–water partition coefficient (Wildman–Crippen LogP) is 1.29. The van der Waals surface area contributed by atoms with Gasteiger partial charge in [0, 0.05) is 12.1 Å². The molecule has 106 valence electrons. The summed E-state index contributed by atoms with van der Waals surface area (Å²) in [6, 6.07) is 5.26. The molecular formula is C14H17N3O3. The van der Waals surface area contributed by atoms with Crippen LogP contribution in [0.5, 0.6) is 0 Å². The Balaban J connectivity index is 1.88. The first-order valence-electron chi connectivity index (χ1n) is 6.84. The second-order valence-electron chi connectivity index (χ2n) is 4.94. The lowest BCUT2D eigenvalue weighted by atomic mass is 10.1. The molecule has 0 aromatic heterocycles. The molecule has 1 saturated heterocycles. The van der Waals surface area contributed by atoms with Crippen molar-refractivity contribution in [2.24, 2.45) is 0 Å². The molecule has 2 amide bonds. The zero-order chi connectivity index (χ0) is 14.1. The molecule has 6 heteroatoms. The highest BCUT2D eigenvalue weighted by atomic mass is 16.6. The van der Waals surface area contributed by atoms with Gasteiger partial charge in [-0.2, -0.15) is 0 Å². The van der Waals surface area contributed by atoms with Crippen molar-refractivity contribution < 1.29 is 14.4 Å². The largest absolute Gasteiger partial charge is 0.358 e. The summed E-state index contributed by atoms with van der Waals surface area (Å²) in [7, 11) is 0. The normalized spacial score (nSPS) is 20.1. The number of nitrogens with zero attached hydrogens (tertiary/aromatic N) is 1. The van der Waals surface area contributed by atoms with Crippen LogP contribution in [0.4, 0.5) is 11.4 Å². The SMILES string of the molecule is CCONC(=O)c1ccc2c(c1)NC(=O)[C@H]1CCCN21. The van der Waals surface area contributed by atoms with Crippen LogP contribution in [0.15, 0.2) is 18.2 Å². The van der Waals surface area contributed by atoms with E-state index in [0.29, 0.717) is 17.9 Å². The number of hydrogen-bond donors (Lipinski definition) is 2. The third-order valence-electron chi connectivity index (χ3n) is 3.69. The molecule has 0 bridgehead atoms. The number of nitrogens with one attached hydrogen (secondary N) is 2. The highest BCUT2D eigenvalue weighted by Crippen LogP contribution is 2.37. The van der Waals surface area contributed by atoms with Crippen molar-refractivity contribution in [3.05, 3.63) is 23.8 Å². The summed E-state index contributed by atoms with van der Waals surface area (Å²) in [5.41, 5.74) is 4.49. The first-order chi connectivity index (χ1) is 9.70. The maximum absolute atomic E-state index is 12.0. The lowest BCUT2D eigenvalue weighted by Crippen LogP contribution is -2.44. The Kier molecular flexibility index (Phi) is 3.31. The van der Waals surface area contributed by atoms with Crippen LogP contribution in [-0.4, -0.2) is 31.0 Å². The van der Waals surface area contributed by atoms with Crippen LogP contribution >= 0.6 is 0 Å². The molecular weight excluding hydrogens is 258 g/mol. The fourth-order valence-corrected chi connectivity index (χ4v) is 2.77. The topological polar surface area (TPSA) is 70.7 Å². The lowest BCUT2D eigenvalue weighted by molar-refractivity contribution is -0.117. The zero-order valence-electron chi connectivity index (χ0n) is 11.3. The fraction of sp³-hybridized carbons (Fsp3) is 0.429. The van der Waals surface area contributed by atoms with Crippen LogP contribution in [0, 0.1) is 0 Å². The van der Waals surface area contributed by atoms with E-state index < -0.39 is 0 Å². The first-order valence-corrected chi connectivity index (χ1v) is 6.84. The van der Waals surface area contributed by atoms with E-state index in [2.05, 4.69) is 15.7 Å². The molecule has 0 radical (unpaired) electrons. The van der Waals surface area contributed by atoms with Crippen molar-refractivity contribution in [3.8, 4) is 0 Å². The molecule has 1 atom stereocenters. The Morgan fingerprint density at radius 2 is 2.40 bits per heavy atom. The van der Waals surface area contributed by atoms with Crippen LogP contribution in [0.3, 0.4) is 0 Å². The van der Waals surface area contributed by atoms with Gasteiger partial charge in [0.25, 0.3) is 5.91 Å². The molecule has 2 N–H and O–H groups in total. The van der Waals surface area contributed by atoms with E-state index in [0.717, 1.165) is 25.1 Å². The van der Waals surface area contributed by atoms with E-state index in [-0.39, 0.29) is 17.9 Å². The minimum atomic E-state index is -0.313. The molecule has 1 fully saturated rings. The van der Waals surface area contributed by atoms with Gasteiger partial charge in [-0.25, -0.2) is 5.48 Å². The molecule has 0 aliphatic carbocycles. The fourth-order valence-electron chi connectivity index (χ4n) is 2.77. The molecule has 20 heavy (non-hydrogen) atoms. The average Bonchev–Trinajstić information content (AvgIpc) is 2.94. The Morgan fingerprint density at radius 1 is 1.55 bits per heavy atom. The standard InChI is InChI=1S/C14H17N3O3/c1-2-20-16-13(18)9-5-6-11-10(8-9)15-14(19)12-4-3-7-17(11)12/h5-6,8,12H,2-4,7H2,1H3,(H,15,19)(H,16,18)/t12-/m1/s1. The van der Waals surface area contributed by atoms with Gasteiger partial charge in [-0.3, -0.25) is 14.4 Å². The highest BCUT2D eigenvalue weighted by Gasteiger charge is 2.36. The van der Waals surface area contributed by atoms with Crippen LogP contribution in [0.1, 0.15) is 30.1 Å². The molecule has 1 aromatic rings. The molecule has 6 nitrogen and oxygen atoms in total. The van der Waals surface area contributed by atoms with E-state index in [1.165, 1.54) is 0 Å². The second kappa shape index (κ2) is 5.13. The first kappa shape index (κ1) is 12.9. The monoisotopic (exact) mass is 275 g/mol. The Hall–Kier alpha value is -2.08. The Morgan fingerprint density at radius 3 is 3.20 bits per heavy atom. The van der Waals surface area contributed by atoms with Crippen LogP contribution in [0.2, 0.25) is 0 Å². The summed E-state index contributed by atoms with van der Waals surface area (Å²) >= 11 is 0. The summed E-state index contributed by atoms with van der Waals surface area (Å²) in [5, 5.41) is 2.88. The van der Waals surface area contributed by atoms with E-state index in [9.17, 15) is 9.59 Å². The Labute approximate surface area is 117 Å². The van der Waals surface area contributed by atoms with Gasteiger partial charge < -0.3 is 10.2 Å². The van der Waals surface area contributed by atoms with Gasteiger partial charge in [0.15, 0.2) is 0 Å². The van der Waals surface area contributed by atoms with Crippen LogP contribution in [0.25, 0.3) is 0 Å². The summed E-state index contributed by atoms with van der Waals surface area (Å²) in [6.07, 6.45) is 1.90. The van der Waals surface area contributed by atoms with E-state index in [1.54, 1.807) is 19.1 Å². The van der Waals surface area contributed by atoms with Crippen LogP contribution < -0.4 is 15.7 Å². The van der Waals surface area contributed by atoms with Crippen molar-refractivity contribution >= 4 is 23.2 Å². The van der Waals surface area contributed by atoms with Crippen molar-refractivity contribution in [1.82, 2.24) is 5.48 Å². The number of rotatable bonds is 3. The molecule has 0 saturated carbocycles. The minimum absolute atomic E-state index is 0.0115. The number of hydrogen-bond acceptors (Lipinski definition) is 4. The molecule has 2 aliphatic rings. The maximum atomic E-state index is 12.0. The number of fused-ring (bicyclic) bond motifs is 3. The van der Waals surface area contributed by atoms with E-state index in [1.807, 2.05) is 6.07 Å². The number of amides is 2. The molecule has 0 spiro atoms. The highest BCUT2D eigenvalue weighted by molar-refractivity contribution is 6.06. The molecule has 3 rings (SSSR count). The van der Waals surface area contributed by atoms with Gasteiger partial charge in [-0.1, -0.05) is 0 Å². The second-order valence-corrected chi connectivity index (χ2v) is 4.94. The summed E-state index contributed by atoms with van der Waals surface area (Å²) in [6.45, 7) is 3.08. The summed E-state index contributed by atoms with van der Waals surface area (Å²) < 4.78 is 0. The van der Waals surface area contributed by atoms with E-state index >= 15 is 0 Å². The molecule has 0 unspecified atom stereocenters. The molecule has 1 aromatic carbocycles. The Bertz CT molecular complexity index is 559. The van der Waals surface area contributed by atoms with Crippen molar-refractivity contribution in [3.63, 3.8) is 0 Å². The van der Waals surface area contributed by atoms with Gasteiger partial charge in [0.1, 0.15) is 6.04 Å². The van der Waals surface area contributed by atoms with Crippen molar-refractivity contribution in [1.29, 1.82) is 0 Å². The number of carbonyl (C=O) groups excluding carboxylic acids is 2. The summed E-state index contributed by atoms with van der Waals surface area (Å²) in [5.74, 6) is -0.301. The molecule has 2 heterocycles. The smallest absolute Gasteiger partial charge is 0.274 e. The van der Waals surface area contributed by atoms with Gasteiger partial charge in [-0.05, 0) is 38.0 Å². The lowest BCUT2D eigenvalue weighted by Gasteiger charge is -2.33. The zero-order valence-corrected chi connectivity index (χ0v) is 11.3. The van der Waals surface area contributed by atoms with Gasteiger partial charge >= 0.3 is 0 Å². The molecule has 2 aliphatic heterocycles. The van der Waals surface area contributed by atoms with Gasteiger partial charge in [0.2, 0.25) is 5.91 Å². The van der Waals surface area contributed by atoms with E-state index in [4.69, 9.17) is 4.84 Å². The number of carbonyl (C=O) groups is 2. The van der Waals surface area contributed by atoms with Gasteiger partial charge in [0.05, 0.1) is 18.0 Å². The quantitative estimate of drug-likeness (QED) is 0.815. The van der Waals surface area contributed by atoms with Crippen molar-refractivity contribution in [2.45, 2.75) is 25.8 Å². The third kappa shape index (κ3) is 2.12. The maximum Gasteiger partial charge on any atom is 0.274 e. The summed E-state index contributed by atoms with van der Waals surface area (Å²) in [4.78, 5) is 30.8. The third-order valence-corrected chi connectivity index (χ3v) is 3.69. The predicted molar refractivity (Wildman–Crippen MR) is 74.5 cm³/mol. The van der Waals surface area contributed by atoms with Crippen molar-refractivity contribution in [2.75, 3.05) is 23.4 Å². The number of hydroxylamine groups is 1.